The highest BCUT2D eigenvalue weighted by molar-refractivity contribution is 7.99. The van der Waals surface area contributed by atoms with Gasteiger partial charge in [-0.25, -0.2) is 4.98 Å². The first-order chi connectivity index (χ1) is 9.20. The van der Waals surface area contributed by atoms with Crippen molar-refractivity contribution in [3.05, 3.63) is 23.8 Å². The number of nitrogens with zero attached hydrogens (tertiary/aromatic N) is 3. The van der Waals surface area contributed by atoms with Crippen LogP contribution in [0.3, 0.4) is 0 Å². The fraction of sp³-hybridized carbons (Fsp3) is 0.308. The van der Waals surface area contributed by atoms with Crippen LogP contribution in [0.2, 0.25) is 0 Å². The molecule has 0 aliphatic heterocycles. The Morgan fingerprint density at radius 3 is 3.00 bits per heavy atom. The van der Waals surface area contributed by atoms with Crippen LogP contribution in [0.4, 0.5) is 0 Å². The van der Waals surface area contributed by atoms with Crippen molar-refractivity contribution in [2.45, 2.75) is 24.0 Å². The summed E-state index contributed by atoms with van der Waals surface area (Å²) in [5.74, 6) is -0.877. The van der Waals surface area contributed by atoms with Crippen molar-refractivity contribution < 1.29 is 9.90 Å². The van der Waals surface area contributed by atoms with Crippen LogP contribution in [0.1, 0.15) is 24.4 Å². The normalized spacial score (nSPS) is 14.5. The number of carboxylic acids is 1. The lowest BCUT2D eigenvalue weighted by molar-refractivity contribution is -0.133. The van der Waals surface area contributed by atoms with Crippen LogP contribution in [-0.4, -0.2) is 26.4 Å². The van der Waals surface area contributed by atoms with Gasteiger partial charge in [-0.1, -0.05) is 17.8 Å². The molecule has 3 rings (SSSR count). The van der Waals surface area contributed by atoms with E-state index in [1.165, 1.54) is 11.8 Å². The molecule has 1 aromatic heterocycles. The van der Waals surface area contributed by atoms with E-state index in [0.29, 0.717) is 22.3 Å². The largest absolute Gasteiger partial charge is 0.481 e. The van der Waals surface area contributed by atoms with Crippen molar-refractivity contribution in [3.8, 4) is 6.07 Å². The van der Waals surface area contributed by atoms with E-state index in [1.54, 1.807) is 6.07 Å². The van der Waals surface area contributed by atoms with Crippen LogP contribution in [-0.2, 0) is 4.79 Å². The number of nitriles is 1. The Labute approximate surface area is 113 Å². The lowest BCUT2D eigenvalue weighted by atomic mass is 10.2. The van der Waals surface area contributed by atoms with Crippen molar-refractivity contribution in [3.63, 3.8) is 0 Å². The van der Waals surface area contributed by atoms with Crippen LogP contribution >= 0.6 is 11.8 Å². The van der Waals surface area contributed by atoms with Gasteiger partial charge in [0.05, 0.1) is 16.8 Å². The molecule has 0 atom stereocenters. The van der Waals surface area contributed by atoms with Gasteiger partial charge in [-0.15, -0.1) is 0 Å². The smallest absolute Gasteiger partial charge is 0.313 e. The van der Waals surface area contributed by atoms with Crippen LogP contribution in [0.25, 0.3) is 11.0 Å². The molecular weight excluding hydrogens is 262 g/mol. The molecule has 1 heterocycles. The van der Waals surface area contributed by atoms with Crippen molar-refractivity contribution in [2.75, 3.05) is 5.75 Å². The third-order valence-electron chi connectivity index (χ3n) is 3.05. The van der Waals surface area contributed by atoms with Crippen molar-refractivity contribution >= 4 is 28.8 Å². The predicted molar refractivity (Wildman–Crippen MR) is 71.1 cm³/mol. The number of aromatic nitrogens is 2. The monoisotopic (exact) mass is 273 g/mol. The summed E-state index contributed by atoms with van der Waals surface area (Å²) >= 11 is 1.21. The first-order valence-corrected chi connectivity index (χ1v) is 6.95. The van der Waals surface area contributed by atoms with E-state index in [4.69, 9.17) is 10.4 Å². The maximum Gasteiger partial charge on any atom is 0.313 e. The van der Waals surface area contributed by atoms with Gasteiger partial charge in [0, 0.05) is 6.04 Å². The summed E-state index contributed by atoms with van der Waals surface area (Å²) in [7, 11) is 0. The van der Waals surface area contributed by atoms with Gasteiger partial charge in [0.15, 0.2) is 5.16 Å². The Hall–Kier alpha value is -2.00. The van der Waals surface area contributed by atoms with Crippen LogP contribution < -0.4 is 0 Å². The highest BCUT2D eigenvalue weighted by Crippen LogP contribution is 2.41. The Morgan fingerprint density at radius 1 is 1.58 bits per heavy atom. The zero-order chi connectivity index (χ0) is 13.4. The van der Waals surface area contributed by atoms with Gasteiger partial charge in [0.2, 0.25) is 0 Å². The molecule has 1 aromatic carbocycles. The molecule has 96 valence electrons. The topological polar surface area (TPSA) is 78.9 Å². The summed E-state index contributed by atoms with van der Waals surface area (Å²) in [4.78, 5) is 15.2. The van der Waals surface area contributed by atoms with Gasteiger partial charge in [-0.05, 0) is 25.0 Å². The summed E-state index contributed by atoms with van der Waals surface area (Å²) in [5, 5.41) is 18.6. The zero-order valence-corrected chi connectivity index (χ0v) is 10.9. The van der Waals surface area contributed by atoms with E-state index < -0.39 is 5.97 Å². The number of para-hydroxylation sites is 1. The van der Waals surface area contributed by atoms with E-state index in [0.717, 1.165) is 18.4 Å². The molecule has 19 heavy (non-hydrogen) atoms. The summed E-state index contributed by atoms with van der Waals surface area (Å²) in [6, 6.07) is 8.04. The number of rotatable bonds is 4. The molecule has 2 aromatic rings. The van der Waals surface area contributed by atoms with Crippen molar-refractivity contribution in [1.82, 2.24) is 9.55 Å². The summed E-state index contributed by atoms with van der Waals surface area (Å²) in [6.45, 7) is 0. The van der Waals surface area contributed by atoms with Crippen LogP contribution in [0.5, 0.6) is 0 Å². The second-order valence-electron chi connectivity index (χ2n) is 4.46. The fourth-order valence-corrected chi connectivity index (χ4v) is 2.89. The number of fused-ring (bicyclic) bond motifs is 1. The van der Waals surface area contributed by atoms with E-state index in [2.05, 4.69) is 15.6 Å². The number of thioether (sulfide) groups is 1. The molecule has 0 amide bonds. The lowest BCUT2D eigenvalue weighted by Crippen LogP contribution is -2.01. The average Bonchev–Trinajstić information content (AvgIpc) is 3.16. The maximum absolute atomic E-state index is 10.7. The molecular formula is C13H11N3O2S. The Morgan fingerprint density at radius 2 is 2.37 bits per heavy atom. The van der Waals surface area contributed by atoms with Gasteiger partial charge in [-0.3, -0.25) is 4.79 Å². The predicted octanol–water partition coefficient (Wildman–Crippen LogP) is 2.42. The molecule has 0 radical (unpaired) electrons. The first kappa shape index (κ1) is 12.1. The SMILES string of the molecule is N#Cc1cccc2c1nc(SCC(=O)O)n2C1CC1. The molecule has 1 fully saturated rings. The lowest BCUT2D eigenvalue weighted by Gasteiger charge is -2.05. The number of hydrogen-bond donors (Lipinski definition) is 1. The summed E-state index contributed by atoms with van der Waals surface area (Å²) in [6.07, 6.45) is 2.17. The molecule has 5 nitrogen and oxygen atoms in total. The maximum atomic E-state index is 10.7. The Balaban J connectivity index is 2.12. The molecule has 1 aliphatic rings. The van der Waals surface area contributed by atoms with Gasteiger partial charge >= 0.3 is 5.97 Å². The summed E-state index contributed by atoms with van der Waals surface area (Å²) < 4.78 is 2.07. The average molecular weight is 273 g/mol. The van der Waals surface area contributed by atoms with Crippen molar-refractivity contribution in [2.24, 2.45) is 0 Å². The molecule has 0 bridgehead atoms. The molecule has 0 unspecified atom stereocenters. The number of carbonyl (C=O) groups is 1. The third-order valence-corrected chi connectivity index (χ3v) is 3.98. The quantitative estimate of drug-likeness (QED) is 0.865. The Bertz CT molecular complexity index is 698. The standard InChI is InChI=1S/C13H11N3O2S/c14-6-8-2-1-3-10-12(8)15-13(19-7-11(17)18)16(10)9-4-5-9/h1-3,9H,4-5,7H2,(H,17,18). The minimum absolute atomic E-state index is 0.0159. The molecule has 0 saturated heterocycles. The molecule has 0 spiro atoms. The molecule has 6 heteroatoms. The number of imidazole rings is 1. The minimum atomic E-state index is -0.861. The van der Waals surface area contributed by atoms with Gasteiger partial charge in [0.1, 0.15) is 11.6 Å². The number of hydrogen-bond acceptors (Lipinski definition) is 4. The van der Waals surface area contributed by atoms with E-state index in [9.17, 15) is 4.79 Å². The van der Waals surface area contributed by atoms with E-state index in [-0.39, 0.29) is 5.75 Å². The van der Waals surface area contributed by atoms with Crippen LogP contribution in [0.15, 0.2) is 23.4 Å². The zero-order valence-electron chi connectivity index (χ0n) is 10.0. The fourth-order valence-electron chi connectivity index (χ4n) is 2.10. The second-order valence-corrected chi connectivity index (χ2v) is 5.41. The molecule has 1 aliphatic carbocycles. The third kappa shape index (κ3) is 2.17. The van der Waals surface area contributed by atoms with E-state index >= 15 is 0 Å². The Kier molecular flexibility index (Phi) is 2.91. The highest BCUT2D eigenvalue weighted by Gasteiger charge is 2.29. The number of benzene rings is 1. The first-order valence-electron chi connectivity index (χ1n) is 5.96. The molecule has 1 N–H and O–H groups in total. The number of aliphatic carboxylic acids is 1. The minimum Gasteiger partial charge on any atom is -0.481 e. The van der Waals surface area contributed by atoms with Gasteiger partial charge < -0.3 is 9.67 Å². The van der Waals surface area contributed by atoms with E-state index in [1.807, 2.05) is 12.1 Å². The van der Waals surface area contributed by atoms with Crippen molar-refractivity contribution in [1.29, 1.82) is 5.26 Å². The van der Waals surface area contributed by atoms with Gasteiger partial charge in [-0.2, -0.15) is 5.26 Å². The summed E-state index contributed by atoms with van der Waals surface area (Å²) in [5.41, 5.74) is 2.13. The number of carboxylic acid groups (broad SMARTS) is 1. The van der Waals surface area contributed by atoms with Gasteiger partial charge in [0.25, 0.3) is 0 Å². The highest BCUT2D eigenvalue weighted by atomic mass is 32.2. The molecule has 1 saturated carbocycles. The van der Waals surface area contributed by atoms with Crippen LogP contribution in [0, 0.1) is 11.3 Å². The second kappa shape index (κ2) is 4.59.